The number of fused-ring (bicyclic) bond motifs is 8. The topological polar surface area (TPSA) is 124 Å². The highest BCUT2D eigenvalue weighted by Crippen LogP contribution is 2.64. The highest BCUT2D eigenvalue weighted by Gasteiger charge is 2.64. The van der Waals surface area contributed by atoms with E-state index in [9.17, 15) is 19.2 Å². The van der Waals surface area contributed by atoms with Crippen molar-refractivity contribution in [3.8, 4) is 0 Å². The van der Waals surface area contributed by atoms with Gasteiger partial charge in [0.1, 0.15) is 36.0 Å². The number of ketones is 3. The highest BCUT2D eigenvalue weighted by molar-refractivity contribution is 6.11. The van der Waals surface area contributed by atoms with E-state index in [0.717, 1.165) is 12.8 Å². The van der Waals surface area contributed by atoms with Crippen LogP contribution in [0, 0.1) is 47.3 Å². The van der Waals surface area contributed by atoms with Gasteiger partial charge in [-0.1, -0.05) is 13.0 Å². The Kier molecular flexibility index (Phi) is 9.71. The fraction of sp³-hybridized carbons (Fsp3) is 0.829. The summed E-state index contributed by atoms with van der Waals surface area (Å²) in [5.41, 5.74) is 0.553. The summed E-state index contributed by atoms with van der Waals surface area (Å²) in [6, 6.07) is 0. The van der Waals surface area contributed by atoms with Gasteiger partial charge in [-0.3, -0.25) is 19.2 Å². The molecule has 10 nitrogen and oxygen atoms in total. The van der Waals surface area contributed by atoms with Gasteiger partial charge in [0.05, 0.1) is 24.5 Å². The van der Waals surface area contributed by atoms with Gasteiger partial charge in [-0.05, 0) is 81.1 Å². The number of Topliss-reactive ketones (excluding diaryl/α,β-unsaturated/α-hetero) is 3. The lowest BCUT2D eigenvalue weighted by Crippen LogP contribution is -2.59. The molecule has 0 bridgehead atoms. The summed E-state index contributed by atoms with van der Waals surface area (Å²) in [7, 11) is 4.88. The van der Waals surface area contributed by atoms with Crippen molar-refractivity contribution in [2.75, 3.05) is 21.3 Å². The summed E-state index contributed by atoms with van der Waals surface area (Å²) < 4.78 is 36.1. The van der Waals surface area contributed by atoms with Crippen molar-refractivity contribution in [1.82, 2.24) is 0 Å². The van der Waals surface area contributed by atoms with E-state index in [1.54, 1.807) is 28.3 Å². The molecule has 0 aromatic carbocycles. The molecule has 2 saturated heterocycles. The van der Waals surface area contributed by atoms with Gasteiger partial charge in [-0.15, -0.1) is 0 Å². The van der Waals surface area contributed by atoms with Gasteiger partial charge >= 0.3 is 5.97 Å². The number of cyclic esters (lactones) is 1. The molecule has 5 fully saturated rings. The minimum Gasteiger partial charge on any atom is -0.462 e. The minimum absolute atomic E-state index is 0.0470. The van der Waals surface area contributed by atoms with Crippen molar-refractivity contribution >= 4 is 23.3 Å². The molecule has 4 aliphatic carbocycles. The van der Waals surface area contributed by atoms with E-state index >= 15 is 0 Å². The molecule has 250 valence electrons. The van der Waals surface area contributed by atoms with Crippen molar-refractivity contribution in [1.29, 1.82) is 0 Å². The Morgan fingerprint density at radius 3 is 2.24 bits per heavy atom. The molecule has 10 heteroatoms. The van der Waals surface area contributed by atoms with Gasteiger partial charge in [0, 0.05) is 46.0 Å². The van der Waals surface area contributed by atoms with E-state index in [1.165, 1.54) is 0 Å². The van der Waals surface area contributed by atoms with Crippen LogP contribution in [0.25, 0.3) is 0 Å². The van der Waals surface area contributed by atoms with Crippen LogP contribution in [0.4, 0.5) is 0 Å². The molecule has 0 radical (unpaired) electrons. The largest absolute Gasteiger partial charge is 0.462 e. The van der Waals surface area contributed by atoms with Crippen LogP contribution in [0.1, 0.15) is 72.1 Å². The first-order chi connectivity index (χ1) is 21.6. The molecule has 0 N–H and O–H groups in total. The van der Waals surface area contributed by atoms with E-state index in [2.05, 4.69) is 0 Å². The molecular formula is C35H50O10. The number of rotatable bonds is 6. The lowest BCUT2D eigenvalue weighted by atomic mass is 9.49. The van der Waals surface area contributed by atoms with E-state index in [0.29, 0.717) is 31.3 Å². The monoisotopic (exact) mass is 630 g/mol. The molecule has 0 spiro atoms. The van der Waals surface area contributed by atoms with E-state index in [-0.39, 0.29) is 102 Å². The Labute approximate surface area is 266 Å². The zero-order chi connectivity index (χ0) is 32.2. The summed E-state index contributed by atoms with van der Waals surface area (Å²) >= 11 is 0. The van der Waals surface area contributed by atoms with Crippen molar-refractivity contribution < 1.29 is 47.6 Å². The molecule has 2 aliphatic heterocycles. The third kappa shape index (κ3) is 5.77. The van der Waals surface area contributed by atoms with E-state index < -0.39 is 24.2 Å². The first-order valence-corrected chi connectivity index (χ1v) is 17.0. The van der Waals surface area contributed by atoms with Crippen LogP contribution in [0.15, 0.2) is 11.6 Å². The van der Waals surface area contributed by atoms with Crippen LogP contribution < -0.4 is 0 Å². The van der Waals surface area contributed by atoms with Crippen LogP contribution in [-0.2, 0) is 47.6 Å². The van der Waals surface area contributed by atoms with Crippen LogP contribution in [0.2, 0.25) is 0 Å². The highest BCUT2D eigenvalue weighted by atomic mass is 16.7. The second kappa shape index (κ2) is 13.3. The lowest BCUT2D eigenvalue weighted by molar-refractivity contribution is -0.314. The van der Waals surface area contributed by atoms with Gasteiger partial charge in [-0.25, -0.2) is 0 Å². The number of ether oxygens (including phenoxy) is 6. The average Bonchev–Trinajstić information content (AvgIpc) is 3.58. The van der Waals surface area contributed by atoms with Crippen molar-refractivity contribution in [2.45, 2.75) is 115 Å². The van der Waals surface area contributed by atoms with Gasteiger partial charge in [0.2, 0.25) is 0 Å². The number of carbonyl (C=O) groups is 4. The predicted molar refractivity (Wildman–Crippen MR) is 161 cm³/mol. The standard InChI is InChI=1S/C35H50O10/c1-7-18-9-8-10-26(36)16(2)31(39)25-13-22-20-11-19(45-35-34(42-6)33(41-5)32(40-4)17(3)43-35)12-21(20)23-14-27(37)30(23)29(22)24(25)15-28(38)44-18/h13,16-24,29-30,32-35H,7-12,14-15H2,1-6H3/t16-,17+,18+,19+,20-,21-,22+,23+,24-,29-,30-,32+,33-,34-,35+/m1/s1. The smallest absolute Gasteiger partial charge is 0.306 e. The third-order valence-corrected chi connectivity index (χ3v) is 12.1. The predicted octanol–water partition coefficient (Wildman–Crippen LogP) is 3.87. The first kappa shape index (κ1) is 32.9. The fourth-order valence-electron chi connectivity index (χ4n) is 9.91. The molecule has 45 heavy (non-hydrogen) atoms. The summed E-state index contributed by atoms with van der Waals surface area (Å²) in [5.74, 6) is -1.32. The Morgan fingerprint density at radius 2 is 1.58 bits per heavy atom. The second-order valence-corrected chi connectivity index (χ2v) is 14.3. The van der Waals surface area contributed by atoms with Crippen LogP contribution >= 0.6 is 0 Å². The number of esters is 1. The van der Waals surface area contributed by atoms with E-state index in [4.69, 9.17) is 28.4 Å². The lowest BCUT2D eigenvalue weighted by Gasteiger charge is -2.54. The Bertz CT molecular complexity index is 1200. The summed E-state index contributed by atoms with van der Waals surface area (Å²) in [4.78, 5) is 53.7. The number of hydrogen-bond donors (Lipinski definition) is 0. The molecule has 0 amide bonds. The second-order valence-electron chi connectivity index (χ2n) is 14.3. The van der Waals surface area contributed by atoms with Crippen LogP contribution in [0.3, 0.4) is 0 Å². The van der Waals surface area contributed by atoms with E-state index in [1.807, 2.05) is 19.9 Å². The minimum atomic E-state index is -0.765. The van der Waals surface area contributed by atoms with Crippen molar-refractivity contribution in [3.05, 3.63) is 11.6 Å². The number of allylic oxidation sites excluding steroid dienone is 2. The maximum atomic E-state index is 13.9. The molecule has 6 rings (SSSR count). The average molecular weight is 631 g/mol. The van der Waals surface area contributed by atoms with Crippen molar-refractivity contribution in [2.24, 2.45) is 47.3 Å². The Morgan fingerprint density at radius 1 is 0.867 bits per heavy atom. The molecule has 15 atom stereocenters. The SMILES string of the molecule is CC[C@H]1CCCC(=O)[C@@H](C)C(=O)C2=C[C@H]3[C@@H]4C[C@H](O[C@@H]5O[C@@H](C)[C@H](OC)[C@@H](OC)[C@H]5OC)C[C@H]4[C@@H]4CC(=O)[C@@H]4[C@H]3[C@@H]2CC(=O)O1. The molecule has 0 aromatic heterocycles. The normalized spacial score (nSPS) is 46.9. The maximum Gasteiger partial charge on any atom is 0.306 e. The van der Waals surface area contributed by atoms with Crippen LogP contribution in [0.5, 0.6) is 0 Å². The summed E-state index contributed by atoms with van der Waals surface area (Å²) in [5, 5.41) is 0. The first-order valence-electron chi connectivity index (χ1n) is 17.0. The third-order valence-electron chi connectivity index (χ3n) is 12.1. The fourth-order valence-corrected chi connectivity index (χ4v) is 9.91. The Balaban J connectivity index is 1.27. The van der Waals surface area contributed by atoms with Gasteiger partial charge in [0.15, 0.2) is 12.1 Å². The zero-order valence-corrected chi connectivity index (χ0v) is 27.5. The summed E-state index contributed by atoms with van der Waals surface area (Å²) in [6.07, 6.45) is 3.88. The van der Waals surface area contributed by atoms with Crippen LogP contribution in [-0.4, -0.2) is 87.6 Å². The number of carbonyl (C=O) groups excluding carboxylic acids is 4. The quantitative estimate of drug-likeness (QED) is 0.316. The molecule has 0 unspecified atom stereocenters. The Hall–Kier alpha value is -1.98. The van der Waals surface area contributed by atoms with Gasteiger partial charge in [0.25, 0.3) is 0 Å². The van der Waals surface area contributed by atoms with Gasteiger partial charge in [-0.2, -0.15) is 0 Å². The summed E-state index contributed by atoms with van der Waals surface area (Å²) in [6.45, 7) is 5.62. The number of hydrogen-bond acceptors (Lipinski definition) is 10. The number of methoxy groups -OCH3 is 3. The van der Waals surface area contributed by atoms with Gasteiger partial charge < -0.3 is 28.4 Å². The molecule has 2 heterocycles. The molecule has 3 saturated carbocycles. The molecular weight excluding hydrogens is 580 g/mol. The molecule has 0 aromatic rings. The maximum absolute atomic E-state index is 13.9. The molecule has 6 aliphatic rings. The van der Waals surface area contributed by atoms with Crippen molar-refractivity contribution in [3.63, 3.8) is 0 Å². The zero-order valence-electron chi connectivity index (χ0n) is 27.5.